The maximum absolute atomic E-state index is 11.7. The van der Waals surface area contributed by atoms with E-state index in [4.69, 9.17) is 33.2 Å². The molecule has 0 saturated carbocycles. The standard InChI is InChI=1S/C23H34O13/c1-7-21(29)36-15-23(13-34-19(5)27,14-35-20(6)28)9-30-8-22(10-31-16(2)24,11-32-17(3)25)12-33-18(4)26/h7H,1,8-15H2,2-6H3. The van der Waals surface area contributed by atoms with Gasteiger partial charge >= 0.3 is 35.8 Å². The molecule has 204 valence electrons. The van der Waals surface area contributed by atoms with E-state index in [-0.39, 0.29) is 52.9 Å². The summed E-state index contributed by atoms with van der Waals surface area (Å²) >= 11 is 0. The van der Waals surface area contributed by atoms with Gasteiger partial charge in [-0.2, -0.15) is 0 Å². The highest BCUT2D eigenvalue weighted by Crippen LogP contribution is 2.26. The highest BCUT2D eigenvalue weighted by molar-refractivity contribution is 5.81. The van der Waals surface area contributed by atoms with Crippen LogP contribution < -0.4 is 0 Å². The topological polar surface area (TPSA) is 167 Å². The van der Waals surface area contributed by atoms with E-state index in [0.29, 0.717) is 0 Å². The van der Waals surface area contributed by atoms with Crippen molar-refractivity contribution in [2.24, 2.45) is 10.8 Å². The smallest absolute Gasteiger partial charge is 0.330 e. The Bertz CT molecular complexity index is 738. The fourth-order valence-corrected chi connectivity index (χ4v) is 2.54. The summed E-state index contributed by atoms with van der Waals surface area (Å²) in [4.78, 5) is 68.9. The Hall–Kier alpha value is -3.48. The van der Waals surface area contributed by atoms with Crippen molar-refractivity contribution in [1.29, 1.82) is 0 Å². The molecule has 0 aromatic rings. The Morgan fingerprint density at radius 1 is 0.500 bits per heavy atom. The SMILES string of the molecule is C=CC(=O)OCC(COCC(COC(C)=O)(COC(C)=O)COC(C)=O)(COC(C)=O)COC(C)=O. The van der Waals surface area contributed by atoms with E-state index in [0.717, 1.165) is 19.9 Å². The Morgan fingerprint density at radius 3 is 0.972 bits per heavy atom. The predicted molar refractivity (Wildman–Crippen MR) is 120 cm³/mol. The molecule has 0 aromatic heterocycles. The first kappa shape index (κ1) is 32.5. The van der Waals surface area contributed by atoms with E-state index in [1.54, 1.807) is 0 Å². The number of esters is 6. The second-order valence-corrected chi connectivity index (χ2v) is 8.21. The maximum Gasteiger partial charge on any atom is 0.330 e. The summed E-state index contributed by atoms with van der Waals surface area (Å²) in [5.41, 5.74) is -2.65. The average Bonchev–Trinajstić information content (AvgIpc) is 2.79. The van der Waals surface area contributed by atoms with E-state index < -0.39 is 46.6 Å². The largest absolute Gasteiger partial charge is 0.465 e. The van der Waals surface area contributed by atoms with Crippen LogP contribution in [0.4, 0.5) is 0 Å². The molecule has 0 aliphatic heterocycles. The number of hydrogen-bond donors (Lipinski definition) is 0. The highest BCUT2D eigenvalue weighted by atomic mass is 16.6. The summed E-state index contributed by atoms with van der Waals surface area (Å²) in [5, 5.41) is 0. The molecule has 36 heavy (non-hydrogen) atoms. The van der Waals surface area contributed by atoms with Crippen LogP contribution in [0.25, 0.3) is 0 Å². The quantitative estimate of drug-likeness (QED) is 0.149. The van der Waals surface area contributed by atoms with E-state index in [1.807, 2.05) is 0 Å². The minimum absolute atomic E-state index is 0.294. The molecule has 13 nitrogen and oxygen atoms in total. The summed E-state index contributed by atoms with van der Waals surface area (Å²) in [5.74, 6) is -3.99. The van der Waals surface area contributed by atoms with Gasteiger partial charge in [-0.1, -0.05) is 6.58 Å². The molecule has 0 atom stereocenters. The zero-order chi connectivity index (χ0) is 27.8. The lowest BCUT2D eigenvalue weighted by Crippen LogP contribution is -2.47. The van der Waals surface area contributed by atoms with Gasteiger partial charge in [-0.15, -0.1) is 0 Å². The third-order valence-corrected chi connectivity index (χ3v) is 4.41. The van der Waals surface area contributed by atoms with Crippen LogP contribution in [-0.4, -0.2) is 88.7 Å². The second kappa shape index (κ2) is 16.2. The van der Waals surface area contributed by atoms with Crippen LogP contribution in [0.3, 0.4) is 0 Å². The Balaban J connectivity index is 5.93. The van der Waals surface area contributed by atoms with Crippen molar-refractivity contribution in [3.8, 4) is 0 Å². The van der Waals surface area contributed by atoms with Gasteiger partial charge in [0.2, 0.25) is 0 Å². The maximum atomic E-state index is 11.7. The molecule has 0 amide bonds. The fourth-order valence-electron chi connectivity index (χ4n) is 2.54. The van der Waals surface area contributed by atoms with Gasteiger partial charge in [0.15, 0.2) is 0 Å². The monoisotopic (exact) mass is 518 g/mol. The van der Waals surface area contributed by atoms with Crippen molar-refractivity contribution in [2.45, 2.75) is 34.6 Å². The summed E-state index contributed by atoms with van der Waals surface area (Å²) in [6, 6.07) is 0. The Labute approximate surface area is 209 Å². The predicted octanol–water partition coefficient (Wildman–Crippen LogP) is 0.521. The molecule has 0 aliphatic rings. The minimum atomic E-state index is -1.34. The lowest BCUT2D eigenvalue weighted by molar-refractivity contribution is -0.172. The van der Waals surface area contributed by atoms with E-state index in [2.05, 4.69) is 6.58 Å². The molecule has 0 unspecified atom stereocenters. The number of hydrogen-bond acceptors (Lipinski definition) is 13. The van der Waals surface area contributed by atoms with Crippen LogP contribution in [0.2, 0.25) is 0 Å². The molecule has 0 spiro atoms. The first-order valence-electron chi connectivity index (χ1n) is 10.8. The molecule has 0 radical (unpaired) electrons. The Morgan fingerprint density at radius 2 is 0.750 bits per heavy atom. The van der Waals surface area contributed by atoms with Crippen molar-refractivity contribution in [3.63, 3.8) is 0 Å². The molecule has 0 N–H and O–H groups in total. The van der Waals surface area contributed by atoms with Crippen molar-refractivity contribution in [1.82, 2.24) is 0 Å². The highest BCUT2D eigenvalue weighted by Gasteiger charge is 2.40. The van der Waals surface area contributed by atoms with Gasteiger partial charge in [0, 0.05) is 40.7 Å². The van der Waals surface area contributed by atoms with Crippen LogP contribution in [0.5, 0.6) is 0 Å². The fraction of sp³-hybridized carbons (Fsp3) is 0.652. The zero-order valence-electron chi connectivity index (χ0n) is 21.2. The van der Waals surface area contributed by atoms with Gasteiger partial charge in [0.25, 0.3) is 0 Å². The molecule has 0 rings (SSSR count). The van der Waals surface area contributed by atoms with Crippen LogP contribution in [-0.2, 0) is 61.9 Å². The molecular weight excluding hydrogens is 484 g/mol. The van der Waals surface area contributed by atoms with Crippen LogP contribution in [0.1, 0.15) is 34.6 Å². The van der Waals surface area contributed by atoms with E-state index >= 15 is 0 Å². The van der Waals surface area contributed by atoms with Crippen molar-refractivity contribution >= 4 is 35.8 Å². The van der Waals surface area contributed by atoms with Gasteiger partial charge in [-0.25, -0.2) is 4.79 Å². The molecule has 0 heterocycles. The normalized spacial score (nSPS) is 11.0. The molecule has 0 aliphatic carbocycles. The van der Waals surface area contributed by atoms with Crippen LogP contribution >= 0.6 is 0 Å². The summed E-state index contributed by atoms with van der Waals surface area (Å²) in [6.07, 6.45) is 0.922. The molecular formula is C23H34O13. The van der Waals surface area contributed by atoms with Gasteiger partial charge in [-0.05, 0) is 0 Å². The number of carbonyl (C=O) groups is 6. The number of rotatable bonds is 17. The first-order valence-corrected chi connectivity index (χ1v) is 10.8. The molecule has 0 saturated heterocycles. The average molecular weight is 519 g/mol. The second-order valence-electron chi connectivity index (χ2n) is 8.21. The van der Waals surface area contributed by atoms with Gasteiger partial charge in [0.05, 0.1) is 24.0 Å². The lowest BCUT2D eigenvalue weighted by atomic mass is 9.90. The number of ether oxygens (including phenoxy) is 7. The third-order valence-electron chi connectivity index (χ3n) is 4.41. The van der Waals surface area contributed by atoms with Gasteiger partial charge < -0.3 is 33.2 Å². The molecule has 0 fully saturated rings. The third kappa shape index (κ3) is 14.7. The Kier molecular flexibility index (Phi) is 14.7. The van der Waals surface area contributed by atoms with Crippen LogP contribution in [0, 0.1) is 10.8 Å². The van der Waals surface area contributed by atoms with E-state index in [9.17, 15) is 28.8 Å². The first-order chi connectivity index (χ1) is 16.7. The van der Waals surface area contributed by atoms with Crippen molar-refractivity contribution < 1.29 is 61.9 Å². The zero-order valence-corrected chi connectivity index (χ0v) is 21.2. The van der Waals surface area contributed by atoms with Gasteiger partial charge in [0.1, 0.15) is 39.6 Å². The molecule has 13 heteroatoms. The van der Waals surface area contributed by atoms with E-state index in [1.165, 1.54) is 20.8 Å². The van der Waals surface area contributed by atoms with Gasteiger partial charge in [-0.3, -0.25) is 24.0 Å². The van der Waals surface area contributed by atoms with Crippen LogP contribution in [0.15, 0.2) is 12.7 Å². The molecule has 0 aromatic carbocycles. The summed E-state index contributed by atoms with van der Waals surface area (Å²) in [6.45, 7) is 6.42. The summed E-state index contributed by atoms with van der Waals surface area (Å²) in [7, 11) is 0. The van der Waals surface area contributed by atoms with Crippen molar-refractivity contribution in [3.05, 3.63) is 12.7 Å². The number of carbonyl (C=O) groups excluding carboxylic acids is 6. The summed E-state index contributed by atoms with van der Waals surface area (Å²) < 4.78 is 36.4. The van der Waals surface area contributed by atoms with Crippen molar-refractivity contribution in [2.75, 3.05) is 52.9 Å². The minimum Gasteiger partial charge on any atom is -0.465 e. The lowest BCUT2D eigenvalue weighted by Gasteiger charge is -2.35. The molecule has 0 bridgehead atoms.